The largest absolute Gasteiger partial charge is 0.398 e. The second-order valence-corrected chi connectivity index (χ2v) is 14.9. The van der Waals surface area contributed by atoms with E-state index in [-0.39, 0.29) is 0 Å². The van der Waals surface area contributed by atoms with Crippen LogP contribution in [0.3, 0.4) is 0 Å². The molecule has 0 saturated carbocycles. The van der Waals surface area contributed by atoms with E-state index in [4.69, 9.17) is 20.7 Å². The molecule has 55 heavy (non-hydrogen) atoms. The molecule has 0 amide bonds. The Balaban J connectivity index is 1.06. The number of benzene rings is 8. The number of nitrogens with two attached hydrogens (primary N) is 1. The van der Waals surface area contributed by atoms with Gasteiger partial charge in [0.1, 0.15) is 0 Å². The van der Waals surface area contributed by atoms with Gasteiger partial charge in [-0.3, -0.25) is 0 Å². The van der Waals surface area contributed by atoms with E-state index in [1.165, 1.54) is 47.3 Å². The standard InChI is InChI=1S/C50H34N4S/c1-31(34-24-26-40-38-19-9-8-17-36(38)37-18-10-11-20-39(37)42(40)29-34)23-27-44(51)35-25-28-45-43(30-35)47-41(21-12-22-46(47)55-45)50-53-48(32-13-4-2-5-14-32)52-49(54-50)33-15-6-3-7-16-33/h2-30H,51H2,1H3/b31-23+,44-27-. The molecule has 2 N–H and O–H groups in total. The normalized spacial score (nSPS) is 12.4. The lowest BCUT2D eigenvalue weighted by Crippen LogP contribution is -2.00. The van der Waals surface area contributed by atoms with Crippen LogP contribution < -0.4 is 5.73 Å². The zero-order valence-corrected chi connectivity index (χ0v) is 30.9. The molecule has 0 unspecified atom stereocenters. The van der Waals surface area contributed by atoms with E-state index < -0.39 is 0 Å². The van der Waals surface area contributed by atoms with Gasteiger partial charge in [-0.1, -0.05) is 146 Å². The maximum Gasteiger partial charge on any atom is 0.164 e. The first-order valence-electron chi connectivity index (χ1n) is 18.4. The van der Waals surface area contributed by atoms with Crippen LogP contribution in [0.5, 0.6) is 0 Å². The number of nitrogens with zero attached hydrogens (tertiary/aromatic N) is 3. The summed E-state index contributed by atoms with van der Waals surface area (Å²) in [4.78, 5) is 15.0. The second-order valence-electron chi connectivity index (χ2n) is 13.9. The fraction of sp³-hybridized carbons (Fsp3) is 0.0200. The highest BCUT2D eigenvalue weighted by molar-refractivity contribution is 7.25. The lowest BCUT2D eigenvalue weighted by Gasteiger charge is -2.12. The summed E-state index contributed by atoms with van der Waals surface area (Å²) in [6, 6.07) is 57.2. The van der Waals surface area contributed by atoms with E-state index in [0.29, 0.717) is 23.2 Å². The van der Waals surface area contributed by atoms with Gasteiger partial charge in [-0.25, -0.2) is 15.0 Å². The molecule has 0 saturated heterocycles. The van der Waals surface area contributed by atoms with Crippen LogP contribution in [-0.4, -0.2) is 15.0 Å². The minimum atomic E-state index is 0.640. The van der Waals surface area contributed by atoms with Crippen LogP contribution in [0.25, 0.3) is 97.9 Å². The maximum absolute atomic E-state index is 6.86. The van der Waals surface area contributed by atoms with E-state index in [1.54, 1.807) is 11.3 Å². The van der Waals surface area contributed by atoms with E-state index in [9.17, 15) is 0 Å². The quantitative estimate of drug-likeness (QED) is 0.137. The number of allylic oxidation sites excluding steroid dienone is 3. The summed E-state index contributed by atoms with van der Waals surface area (Å²) in [7, 11) is 0. The average molecular weight is 723 g/mol. The first-order valence-corrected chi connectivity index (χ1v) is 19.2. The van der Waals surface area contributed by atoms with Gasteiger partial charge >= 0.3 is 0 Å². The van der Waals surface area contributed by atoms with Gasteiger partial charge in [0, 0.05) is 42.6 Å². The molecule has 0 fully saturated rings. The van der Waals surface area contributed by atoms with Gasteiger partial charge in [-0.2, -0.15) is 0 Å². The Labute approximate surface area is 322 Å². The van der Waals surface area contributed by atoms with Gasteiger partial charge in [-0.15, -0.1) is 11.3 Å². The van der Waals surface area contributed by atoms with Crippen LogP contribution in [-0.2, 0) is 0 Å². The van der Waals surface area contributed by atoms with Crippen LogP contribution in [0.15, 0.2) is 176 Å². The van der Waals surface area contributed by atoms with Gasteiger partial charge in [-0.05, 0) is 86.3 Å². The molecule has 2 heterocycles. The van der Waals surface area contributed by atoms with Crippen LogP contribution in [0, 0.1) is 0 Å². The number of hydrogen-bond donors (Lipinski definition) is 1. The minimum absolute atomic E-state index is 0.640. The van der Waals surface area contributed by atoms with Crippen molar-refractivity contribution in [3.8, 4) is 34.2 Å². The number of rotatable bonds is 6. The van der Waals surface area contributed by atoms with E-state index in [0.717, 1.165) is 38.6 Å². The summed E-state index contributed by atoms with van der Waals surface area (Å²) in [6.45, 7) is 2.15. The molecule has 2 aromatic heterocycles. The van der Waals surface area contributed by atoms with Crippen molar-refractivity contribution in [1.29, 1.82) is 0 Å². The molecule has 0 radical (unpaired) electrons. The Bertz CT molecular complexity index is 3070. The molecule has 0 aliphatic heterocycles. The van der Waals surface area contributed by atoms with Crippen molar-refractivity contribution in [1.82, 2.24) is 15.0 Å². The van der Waals surface area contributed by atoms with Gasteiger partial charge in [0.15, 0.2) is 17.5 Å². The van der Waals surface area contributed by atoms with Crippen molar-refractivity contribution in [2.24, 2.45) is 5.73 Å². The van der Waals surface area contributed by atoms with Gasteiger partial charge in [0.25, 0.3) is 0 Å². The van der Waals surface area contributed by atoms with Crippen molar-refractivity contribution >= 4 is 75.1 Å². The monoisotopic (exact) mass is 722 g/mol. The van der Waals surface area contributed by atoms with E-state index in [1.807, 2.05) is 66.7 Å². The van der Waals surface area contributed by atoms with Crippen molar-refractivity contribution < 1.29 is 0 Å². The first-order chi connectivity index (χ1) is 27.1. The molecular formula is C50H34N4S. The van der Waals surface area contributed by atoms with Gasteiger partial charge in [0.05, 0.1) is 0 Å². The van der Waals surface area contributed by atoms with Gasteiger partial charge in [0.2, 0.25) is 0 Å². The summed E-state index contributed by atoms with van der Waals surface area (Å²) >= 11 is 1.77. The zero-order valence-electron chi connectivity index (χ0n) is 30.1. The number of hydrogen-bond acceptors (Lipinski definition) is 5. The molecular weight excluding hydrogens is 689 g/mol. The van der Waals surface area contributed by atoms with Crippen LogP contribution in [0.1, 0.15) is 18.1 Å². The fourth-order valence-corrected chi connectivity index (χ4v) is 8.79. The Morgan fingerprint density at radius 2 is 0.982 bits per heavy atom. The van der Waals surface area contributed by atoms with Crippen LogP contribution in [0.2, 0.25) is 0 Å². The summed E-state index contributed by atoms with van der Waals surface area (Å²) in [5, 5.41) is 9.86. The molecule has 0 aliphatic rings. The minimum Gasteiger partial charge on any atom is -0.398 e. The highest BCUT2D eigenvalue weighted by atomic mass is 32.1. The molecule has 0 spiro atoms. The summed E-state index contributed by atoms with van der Waals surface area (Å²) in [6.07, 6.45) is 4.15. The summed E-state index contributed by atoms with van der Waals surface area (Å²) in [5.74, 6) is 1.93. The van der Waals surface area contributed by atoms with Crippen LogP contribution in [0.4, 0.5) is 0 Å². The number of aromatic nitrogens is 3. The van der Waals surface area contributed by atoms with Crippen molar-refractivity contribution in [2.75, 3.05) is 0 Å². The Kier molecular flexibility index (Phi) is 8.01. The van der Waals surface area contributed by atoms with Crippen molar-refractivity contribution in [2.45, 2.75) is 6.92 Å². The lowest BCUT2D eigenvalue weighted by atomic mass is 9.92. The lowest BCUT2D eigenvalue weighted by molar-refractivity contribution is 1.08. The topological polar surface area (TPSA) is 64.7 Å². The molecule has 260 valence electrons. The van der Waals surface area contributed by atoms with Crippen LogP contribution >= 0.6 is 11.3 Å². The highest BCUT2D eigenvalue weighted by Gasteiger charge is 2.17. The predicted molar refractivity (Wildman–Crippen MR) is 234 cm³/mol. The van der Waals surface area contributed by atoms with Crippen molar-refractivity contribution in [3.63, 3.8) is 0 Å². The summed E-state index contributed by atoms with van der Waals surface area (Å²) < 4.78 is 2.35. The molecule has 0 atom stereocenters. The number of fused-ring (bicyclic) bond motifs is 9. The Morgan fingerprint density at radius 3 is 1.62 bits per heavy atom. The molecule has 4 nitrogen and oxygen atoms in total. The molecule has 10 aromatic rings. The molecule has 0 aliphatic carbocycles. The Hall–Kier alpha value is -6.95. The average Bonchev–Trinajstić information content (AvgIpc) is 3.64. The maximum atomic E-state index is 6.86. The summed E-state index contributed by atoms with van der Waals surface area (Å²) in [5.41, 5.74) is 13.7. The molecule has 8 aromatic carbocycles. The third-order valence-electron chi connectivity index (χ3n) is 10.5. The third-order valence-corrected chi connectivity index (χ3v) is 11.6. The third kappa shape index (κ3) is 5.82. The SMILES string of the molecule is C/C(=C\C=C(/N)c1ccc2sc3cccc(-c4nc(-c5ccccc5)nc(-c5ccccc5)n4)c3c2c1)c1ccc2c3ccccc3c3ccccc3c2c1. The van der Waals surface area contributed by atoms with Crippen molar-refractivity contribution in [3.05, 3.63) is 187 Å². The molecule has 5 heteroatoms. The number of thiophene rings is 1. The second kappa shape index (κ2) is 13.5. The van der Waals surface area contributed by atoms with E-state index >= 15 is 0 Å². The molecule has 10 rings (SSSR count). The fourth-order valence-electron chi connectivity index (χ4n) is 7.68. The molecule has 0 bridgehead atoms. The predicted octanol–water partition coefficient (Wildman–Crippen LogP) is 13.1. The zero-order chi connectivity index (χ0) is 36.9. The highest BCUT2D eigenvalue weighted by Crippen LogP contribution is 2.41. The van der Waals surface area contributed by atoms with Gasteiger partial charge < -0.3 is 5.73 Å². The van der Waals surface area contributed by atoms with E-state index in [2.05, 4.69) is 116 Å². The first kappa shape index (κ1) is 32.7. The Morgan fingerprint density at radius 1 is 0.455 bits per heavy atom. The smallest absolute Gasteiger partial charge is 0.164 e.